The van der Waals surface area contributed by atoms with Crippen LogP contribution in [-0.2, 0) is 10.0 Å². The summed E-state index contributed by atoms with van der Waals surface area (Å²) in [4.78, 5) is 14.5. The summed E-state index contributed by atoms with van der Waals surface area (Å²) in [6, 6.07) is 6.33. The van der Waals surface area contributed by atoms with Gasteiger partial charge in [-0.3, -0.25) is 4.79 Å². The summed E-state index contributed by atoms with van der Waals surface area (Å²) < 4.78 is 27.1. The summed E-state index contributed by atoms with van der Waals surface area (Å²) in [5.74, 6) is 0.328. The van der Waals surface area contributed by atoms with E-state index in [0.29, 0.717) is 31.1 Å². The molecule has 0 bridgehead atoms. The third-order valence-electron chi connectivity index (χ3n) is 4.54. The van der Waals surface area contributed by atoms with Gasteiger partial charge in [-0.2, -0.15) is 4.31 Å². The molecular formula is C18H29N3O3S. The molecule has 1 aliphatic heterocycles. The second-order valence-corrected chi connectivity index (χ2v) is 8.97. The van der Waals surface area contributed by atoms with E-state index in [9.17, 15) is 13.2 Å². The Balaban J connectivity index is 2.03. The minimum absolute atomic E-state index is 0.197. The maximum absolute atomic E-state index is 12.8. The summed E-state index contributed by atoms with van der Waals surface area (Å²) in [7, 11) is 0.436. The highest BCUT2D eigenvalue weighted by Gasteiger charge is 2.28. The van der Waals surface area contributed by atoms with Crippen molar-refractivity contribution in [2.45, 2.75) is 31.1 Å². The Kier molecular flexibility index (Phi) is 6.98. The molecule has 0 atom stereocenters. The molecule has 1 fully saturated rings. The number of nitrogens with one attached hydrogen (secondary N) is 1. The van der Waals surface area contributed by atoms with Crippen LogP contribution in [0.4, 0.5) is 0 Å². The summed E-state index contributed by atoms with van der Waals surface area (Å²) in [5, 5.41) is 2.84. The average molecular weight is 368 g/mol. The van der Waals surface area contributed by atoms with Crippen LogP contribution >= 0.6 is 0 Å². The van der Waals surface area contributed by atoms with E-state index >= 15 is 0 Å². The molecule has 140 valence electrons. The summed E-state index contributed by atoms with van der Waals surface area (Å²) in [6.45, 7) is 4.69. The van der Waals surface area contributed by atoms with Crippen LogP contribution in [0.1, 0.15) is 36.5 Å². The molecule has 0 radical (unpaired) electrons. The predicted molar refractivity (Wildman–Crippen MR) is 99.1 cm³/mol. The van der Waals surface area contributed by atoms with Gasteiger partial charge in [-0.25, -0.2) is 8.42 Å². The zero-order chi connectivity index (χ0) is 18.4. The zero-order valence-electron chi connectivity index (χ0n) is 15.4. The number of hydrogen-bond acceptors (Lipinski definition) is 4. The van der Waals surface area contributed by atoms with Crippen LogP contribution in [0, 0.1) is 5.92 Å². The number of benzene rings is 1. The van der Waals surface area contributed by atoms with Crippen molar-refractivity contribution in [2.75, 3.05) is 40.3 Å². The van der Waals surface area contributed by atoms with Crippen LogP contribution in [0.25, 0.3) is 0 Å². The Morgan fingerprint density at radius 3 is 2.60 bits per heavy atom. The third kappa shape index (κ3) is 5.52. The average Bonchev–Trinajstić information content (AvgIpc) is 2.59. The quantitative estimate of drug-likeness (QED) is 0.746. The molecule has 0 spiro atoms. The molecule has 7 heteroatoms. The van der Waals surface area contributed by atoms with Crippen molar-refractivity contribution in [3.8, 4) is 0 Å². The molecule has 1 aromatic rings. The fourth-order valence-electron chi connectivity index (χ4n) is 2.87. The number of hydrogen-bond donors (Lipinski definition) is 1. The normalized spacial score (nSPS) is 17.0. The SMILES string of the molecule is CC1CCN(S(=O)(=O)c2cccc(C(=O)NCCCN(C)C)c2)CC1. The highest BCUT2D eigenvalue weighted by molar-refractivity contribution is 7.89. The summed E-state index contributed by atoms with van der Waals surface area (Å²) in [5.41, 5.74) is 0.385. The number of carbonyl (C=O) groups excluding carboxylic acids is 1. The molecule has 0 aliphatic carbocycles. The summed E-state index contributed by atoms with van der Waals surface area (Å²) >= 11 is 0. The van der Waals surface area contributed by atoms with E-state index in [2.05, 4.69) is 17.1 Å². The van der Waals surface area contributed by atoms with Gasteiger partial charge in [0.2, 0.25) is 10.0 Å². The van der Waals surface area contributed by atoms with Gasteiger partial charge >= 0.3 is 0 Å². The van der Waals surface area contributed by atoms with Crippen LogP contribution in [-0.4, -0.2) is 63.8 Å². The van der Waals surface area contributed by atoms with Gasteiger partial charge in [0.1, 0.15) is 0 Å². The fraction of sp³-hybridized carbons (Fsp3) is 0.611. The van der Waals surface area contributed by atoms with E-state index in [1.54, 1.807) is 18.2 Å². The lowest BCUT2D eigenvalue weighted by molar-refractivity contribution is 0.0952. The molecule has 0 unspecified atom stereocenters. The van der Waals surface area contributed by atoms with Gasteiger partial charge in [-0.15, -0.1) is 0 Å². The first-order chi connectivity index (χ1) is 11.8. The number of nitrogens with zero attached hydrogens (tertiary/aromatic N) is 2. The lowest BCUT2D eigenvalue weighted by Gasteiger charge is -2.29. The van der Waals surface area contributed by atoms with Crippen molar-refractivity contribution in [1.82, 2.24) is 14.5 Å². The van der Waals surface area contributed by atoms with E-state index in [1.807, 2.05) is 14.1 Å². The number of carbonyl (C=O) groups is 1. The monoisotopic (exact) mass is 367 g/mol. The Labute approximate surface area is 151 Å². The first-order valence-electron chi connectivity index (χ1n) is 8.84. The lowest BCUT2D eigenvalue weighted by Crippen LogP contribution is -2.38. The molecular weight excluding hydrogens is 338 g/mol. The molecule has 2 rings (SSSR count). The van der Waals surface area contributed by atoms with E-state index in [-0.39, 0.29) is 10.8 Å². The maximum Gasteiger partial charge on any atom is 0.251 e. The molecule has 1 N–H and O–H groups in total. The molecule has 0 saturated carbocycles. The number of rotatable bonds is 7. The molecule has 1 amide bonds. The van der Waals surface area contributed by atoms with Gasteiger partial charge < -0.3 is 10.2 Å². The van der Waals surface area contributed by atoms with Crippen LogP contribution in [0.15, 0.2) is 29.2 Å². The molecule has 6 nitrogen and oxygen atoms in total. The van der Waals surface area contributed by atoms with Gasteiger partial charge in [-0.05, 0) is 64.0 Å². The van der Waals surface area contributed by atoms with Gasteiger partial charge in [0.05, 0.1) is 4.90 Å². The first kappa shape index (κ1) is 19.9. The van der Waals surface area contributed by atoms with Gasteiger partial charge in [-0.1, -0.05) is 13.0 Å². The molecule has 1 heterocycles. The topological polar surface area (TPSA) is 69.7 Å². The van der Waals surface area contributed by atoms with Crippen molar-refractivity contribution in [3.05, 3.63) is 29.8 Å². The van der Waals surface area contributed by atoms with E-state index in [1.165, 1.54) is 10.4 Å². The first-order valence-corrected chi connectivity index (χ1v) is 10.3. The molecule has 1 aliphatic rings. The third-order valence-corrected chi connectivity index (χ3v) is 6.44. The molecule has 1 aromatic carbocycles. The van der Waals surface area contributed by atoms with Crippen LogP contribution in [0.2, 0.25) is 0 Å². The second-order valence-electron chi connectivity index (χ2n) is 7.03. The van der Waals surface area contributed by atoms with Gasteiger partial charge in [0.15, 0.2) is 0 Å². The Morgan fingerprint density at radius 2 is 1.96 bits per heavy atom. The standard InChI is InChI=1S/C18H29N3O3S/c1-15-8-12-21(13-9-15)25(23,24)17-7-4-6-16(14-17)18(22)19-10-5-11-20(2)3/h4,6-7,14-15H,5,8-13H2,1-3H3,(H,19,22). The van der Waals surface area contributed by atoms with Gasteiger partial charge in [0.25, 0.3) is 5.91 Å². The molecule has 0 aromatic heterocycles. The van der Waals surface area contributed by atoms with Crippen molar-refractivity contribution < 1.29 is 13.2 Å². The molecule has 1 saturated heterocycles. The van der Waals surface area contributed by atoms with Gasteiger partial charge in [0, 0.05) is 25.2 Å². The minimum Gasteiger partial charge on any atom is -0.352 e. The van der Waals surface area contributed by atoms with E-state index in [0.717, 1.165) is 25.8 Å². The largest absolute Gasteiger partial charge is 0.352 e. The van der Waals surface area contributed by atoms with Crippen LogP contribution < -0.4 is 5.32 Å². The Morgan fingerprint density at radius 1 is 1.28 bits per heavy atom. The zero-order valence-corrected chi connectivity index (χ0v) is 16.2. The van der Waals surface area contributed by atoms with Crippen molar-refractivity contribution >= 4 is 15.9 Å². The minimum atomic E-state index is -3.53. The number of piperidine rings is 1. The highest BCUT2D eigenvalue weighted by atomic mass is 32.2. The highest BCUT2D eigenvalue weighted by Crippen LogP contribution is 2.23. The van der Waals surface area contributed by atoms with E-state index < -0.39 is 10.0 Å². The number of sulfonamides is 1. The van der Waals surface area contributed by atoms with Crippen LogP contribution in [0.3, 0.4) is 0 Å². The predicted octanol–water partition coefficient (Wildman–Crippen LogP) is 1.79. The van der Waals surface area contributed by atoms with Crippen LogP contribution in [0.5, 0.6) is 0 Å². The maximum atomic E-state index is 12.8. The Bertz CT molecular complexity index is 681. The number of amides is 1. The second kappa shape index (κ2) is 8.78. The Hall–Kier alpha value is -1.44. The van der Waals surface area contributed by atoms with Crippen molar-refractivity contribution in [1.29, 1.82) is 0 Å². The lowest BCUT2D eigenvalue weighted by atomic mass is 10.0. The summed E-state index contributed by atoms with van der Waals surface area (Å²) in [6.07, 6.45) is 2.61. The van der Waals surface area contributed by atoms with Crippen molar-refractivity contribution in [2.24, 2.45) is 5.92 Å². The smallest absolute Gasteiger partial charge is 0.251 e. The molecule has 25 heavy (non-hydrogen) atoms. The van der Waals surface area contributed by atoms with E-state index in [4.69, 9.17) is 0 Å². The van der Waals surface area contributed by atoms with Crippen molar-refractivity contribution in [3.63, 3.8) is 0 Å². The fourth-order valence-corrected chi connectivity index (χ4v) is 4.39.